The van der Waals surface area contributed by atoms with Crippen LogP contribution in [-0.4, -0.2) is 67.4 Å². The van der Waals surface area contributed by atoms with Crippen molar-refractivity contribution in [3.63, 3.8) is 0 Å². The number of likely N-dealkylation sites (N-methyl/N-ethyl adjacent to an activating group) is 1. The Bertz CT molecular complexity index is 995. The molecular weight excluding hydrogens is 558 g/mol. The molecule has 43 heavy (non-hydrogen) atoms. The molecule has 0 fully saturated rings. The molecule has 9 heteroatoms. The Kier molecular flexibility index (Phi) is 16.2. The number of aliphatic carboxylic acids is 1. The zero-order valence-corrected chi connectivity index (χ0v) is 29.6. The molecule has 0 aliphatic carbocycles. The number of nitrogens with zero attached hydrogens (tertiary/aromatic N) is 1. The molecule has 5 atom stereocenters. The van der Waals surface area contributed by atoms with Gasteiger partial charge in [-0.05, 0) is 42.5 Å². The molecule has 0 aliphatic rings. The van der Waals surface area contributed by atoms with Crippen molar-refractivity contribution in [2.45, 2.75) is 142 Å². The normalized spacial score (nSPS) is 15.8. The van der Waals surface area contributed by atoms with Crippen LogP contribution in [-0.2, 0) is 25.2 Å². The lowest BCUT2D eigenvalue weighted by atomic mass is 9.93. The van der Waals surface area contributed by atoms with Crippen LogP contribution >= 0.6 is 0 Å². The van der Waals surface area contributed by atoms with Gasteiger partial charge in [0, 0.05) is 13.1 Å². The fourth-order valence-corrected chi connectivity index (χ4v) is 6.32. The molecule has 1 aromatic carbocycles. The molecule has 0 spiro atoms. The van der Waals surface area contributed by atoms with E-state index in [4.69, 9.17) is 10.2 Å². The lowest BCUT2D eigenvalue weighted by Crippen LogP contribution is -2.59. The van der Waals surface area contributed by atoms with Gasteiger partial charge in [0.05, 0.1) is 24.5 Å². The molecule has 8 nitrogen and oxygen atoms in total. The van der Waals surface area contributed by atoms with E-state index < -0.39 is 38.4 Å². The molecule has 4 N–H and O–H groups in total. The van der Waals surface area contributed by atoms with Gasteiger partial charge in [0.15, 0.2) is 8.32 Å². The van der Waals surface area contributed by atoms with Crippen molar-refractivity contribution in [2.24, 2.45) is 17.6 Å². The number of nitrogens with two attached hydrogens (primary N) is 1. The molecule has 0 aliphatic heterocycles. The van der Waals surface area contributed by atoms with E-state index in [1.807, 2.05) is 51.1 Å². The standard InChI is InChI=1S/C34H61N3O5Si/c1-11-12-13-14-18-21-27(35)25(4)32(40)36-31(24(2)3)33(41)37(8)28(22-26-19-16-15-17-20-26)29(23-30(38)39)42-43(9,10)34(5,6)7/h15-17,19-20,24-25,27-29,31H,11-14,18,21-23,35H2,1-10H3,(H,36,40)(H,38,39)/t25-,27+,28-,29+,31-/m0/s1. The molecule has 246 valence electrons. The maximum Gasteiger partial charge on any atom is 0.306 e. The highest BCUT2D eigenvalue weighted by Crippen LogP contribution is 2.38. The number of hydrogen-bond acceptors (Lipinski definition) is 5. The van der Waals surface area contributed by atoms with Crippen molar-refractivity contribution >= 4 is 26.1 Å². The van der Waals surface area contributed by atoms with E-state index in [0.29, 0.717) is 6.42 Å². The van der Waals surface area contributed by atoms with Gasteiger partial charge in [0.2, 0.25) is 11.8 Å². The third-order valence-corrected chi connectivity index (χ3v) is 13.6. The number of carboxylic acids is 1. The van der Waals surface area contributed by atoms with E-state index in [0.717, 1.165) is 24.8 Å². The summed E-state index contributed by atoms with van der Waals surface area (Å²) in [6.07, 6.45) is 5.87. The number of unbranched alkanes of at least 4 members (excludes halogenated alkanes) is 4. The molecule has 0 heterocycles. The first-order valence-electron chi connectivity index (χ1n) is 16.2. The van der Waals surface area contributed by atoms with E-state index in [1.165, 1.54) is 19.3 Å². The summed E-state index contributed by atoms with van der Waals surface area (Å²) in [5, 5.41) is 12.8. The van der Waals surface area contributed by atoms with Gasteiger partial charge in [-0.15, -0.1) is 0 Å². The first kappa shape index (κ1) is 38.8. The predicted octanol–water partition coefficient (Wildman–Crippen LogP) is 6.39. The third-order valence-electron chi connectivity index (χ3n) is 9.12. The van der Waals surface area contributed by atoms with Crippen molar-refractivity contribution in [3.8, 4) is 0 Å². The van der Waals surface area contributed by atoms with E-state index in [1.54, 1.807) is 11.9 Å². The van der Waals surface area contributed by atoms with E-state index >= 15 is 0 Å². The number of benzene rings is 1. The minimum absolute atomic E-state index is 0.150. The van der Waals surface area contributed by atoms with Gasteiger partial charge in [-0.3, -0.25) is 14.4 Å². The van der Waals surface area contributed by atoms with Gasteiger partial charge in [-0.25, -0.2) is 0 Å². The van der Waals surface area contributed by atoms with Crippen molar-refractivity contribution in [3.05, 3.63) is 35.9 Å². The van der Waals surface area contributed by atoms with Gasteiger partial charge in [-0.2, -0.15) is 0 Å². The zero-order valence-electron chi connectivity index (χ0n) is 28.6. The number of amides is 2. The van der Waals surface area contributed by atoms with E-state index in [2.05, 4.69) is 46.1 Å². The average molecular weight is 620 g/mol. The topological polar surface area (TPSA) is 122 Å². The monoisotopic (exact) mass is 619 g/mol. The van der Waals surface area contributed by atoms with E-state index in [9.17, 15) is 19.5 Å². The second kappa shape index (κ2) is 17.9. The van der Waals surface area contributed by atoms with E-state index in [-0.39, 0.29) is 35.2 Å². The van der Waals surface area contributed by atoms with Gasteiger partial charge >= 0.3 is 5.97 Å². The van der Waals surface area contributed by atoms with Crippen LogP contribution < -0.4 is 11.1 Å². The Morgan fingerprint density at radius 3 is 2.12 bits per heavy atom. The second-order valence-corrected chi connectivity index (χ2v) is 18.9. The van der Waals surface area contributed by atoms with Crippen molar-refractivity contribution in [1.82, 2.24) is 10.2 Å². The Morgan fingerprint density at radius 2 is 1.60 bits per heavy atom. The van der Waals surface area contributed by atoms with Crippen LogP contribution in [0.25, 0.3) is 0 Å². The van der Waals surface area contributed by atoms with Crippen molar-refractivity contribution in [1.29, 1.82) is 0 Å². The SMILES string of the molecule is CCCCCCC[C@@H](N)[C@H](C)C(=O)N[C@H](C(=O)N(C)[C@@H](Cc1ccccc1)[C@@H](CC(=O)O)O[Si](C)(C)C(C)(C)C)C(C)C. The fourth-order valence-electron chi connectivity index (χ4n) is 4.97. The first-order chi connectivity index (χ1) is 19.9. The number of hydrogen-bond donors (Lipinski definition) is 3. The Morgan fingerprint density at radius 1 is 1.02 bits per heavy atom. The quantitative estimate of drug-likeness (QED) is 0.122. The maximum atomic E-state index is 14.2. The number of carbonyl (C=O) groups excluding carboxylic acids is 2. The summed E-state index contributed by atoms with van der Waals surface area (Å²) >= 11 is 0. The van der Waals surface area contributed by atoms with Gasteiger partial charge < -0.3 is 25.5 Å². The minimum Gasteiger partial charge on any atom is -0.481 e. The second-order valence-electron chi connectivity index (χ2n) is 14.1. The lowest BCUT2D eigenvalue weighted by molar-refractivity contribution is -0.144. The highest BCUT2D eigenvalue weighted by atomic mass is 28.4. The highest BCUT2D eigenvalue weighted by molar-refractivity contribution is 6.74. The number of carbonyl (C=O) groups is 3. The van der Waals surface area contributed by atoms with Crippen LogP contribution in [0, 0.1) is 11.8 Å². The van der Waals surface area contributed by atoms with Crippen molar-refractivity contribution < 1.29 is 23.9 Å². The Labute approximate surface area is 262 Å². The molecule has 0 bridgehead atoms. The molecule has 1 aromatic rings. The summed E-state index contributed by atoms with van der Waals surface area (Å²) in [5.74, 6) is -2.10. The molecule has 0 aromatic heterocycles. The number of carboxylic acid groups (broad SMARTS) is 1. The molecule has 2 amide bonds. The lowest BCUT2D eigenvalue weighted by Gasteiger charge is -2.44. The fraction of sp³-hybridized carbons (Fsp3) is 0.735. The highest BCUT2D eigenvalue weighted by Gasteiger charge is 2.43. The van der Waals surface area contributed by atoms with Gasteiger partial charge in [0.1, 0.15) is 6.04 Å². The average Bonchev–Trinajstić information content (AvgIpc) is 2.92. The molecular formula is C34H61N3O5Si. The number of nitrogens with one attached hydrogen (secondary N) is 1. The van der Waals surface area contributed by atoms with Gasteiger partial charge in [0.25, 0.3) is 0 Å². The molecule has 0 saturated carbocycles. The summed E-state index contributed by atoms with van der Waals surface area (Å²) in [4.78, 5) is 41.2. The van der Waals surface area contributed by atoms with Crippen LogP contribution in [0.15, 0.2) is 30.3 Å². The predicted molar refractivity (Wildman–Crippen MR) is 178 cm³/mol. The Hall–Kier alpha value is -2.23. The minimum atomic E-state index is -2.40. The van der Waals surface area contributed by atoms with Crippen LogP contribution in [0.3, 0.4) is 0 Å². The summed E-state index contributed by atoms with van der Waals surface area (Å²) in [6, 6.07) is 8.11. The smallest absolute Gasteiger partial charge is 0.306 e. The molecule has 1 rings (SSSR count). The van der Waals surface area contributed by atoms with Crippen LogP contribution in [0.1, 0.15) is 99.0 Å². The van der Waals surface area contributed by atoms with Crippen molar-refractivity contribution in [2.75, 3.05) is 7.05 Å². The summed E-state index contributed by atoms with van der Waals surface area (Å²) in [7, 11) is -0.701. The zero-order chi connectivity index (χ0) is 33.0. The maximum absolute atomic E-state index is 14.2. The molecule has 0 saturated heterocycles. The van der Waals surface area contributed by atoms with Gasteiger partial charge in [-0.1, -0.05) is 111 Å². The van der Waals surface area contributed by atoms with Crippen LogP contribution in [0.2, 0.25) is 18.1 Å². The van der Waals surface area contributed by atoms with Crippen LogP contribution in [0.4, 0.5) is 0 Å². The Balaban J connectivity index is 3.28. The number of rotatable bonds is 19. The summed E-state index contributed by atoms with van der Waals surface area (Å²) in [6.45, 7) is 18.3. The third kappa shape index (κ3) is 12.7. The first-order valence-corrected chi connectivity index (χ1v) is 19.1. The largest absolute Gasteiger partial charge is 0.481 e. The molecule has 0 unspecified atom stereocenters. The summed E-state index contributed by atoms with van der Waals surface area (Å²) < 4.78 is 6.73. The molecule has 0 radical (unpaired) electrons. The van der Waals surface area contributed by atoms with Crippen LogP contribution in [0.5, 0.6) is 0 Å². The summed E-state index contributed by atoms with van der Waals surface area (Å²) in [5.41, 5.74) is 7.39.